The number of piperidine rings is 1. The summed E-state index contributed by atoms with van der Waals surface area (Å²) in [6.07, 6.45) is -0.120. The van der Waals surface area contributed by atoms with Crippen LogP contribution >= 0.6 is 0 Å². The van der Waals surface area contributed by atoms with E-state index < -0.39 is 12.5 Å². The zero-order chi connectivity index (χ0) is 27.0. The lowest BCUT2D eigenvalue weighted by molar-refractivity contribution is -0.345. The highest BCUT2D eigenvalue weighted by atomic mass is 19.4. The number of methoxy groups -OCH3 is 2. The summed E-state index contributed by atoms with van der Waals surface area (Å²) in [5.41, 5.74) is 4.45. The summed E-state index contributed by atoms with van der Waals surface area (Å²) in [6.45, 7) is 0.248. The van der Waals surface area contributed by atoms with E-state index in [9.17, 15) is 18.0 Å². The summed E-state index contributed by atoms with van der Waals surface area (Å²) in [6, 6.07) is 9.34. The number of benzene rings is 2. The monoisotopic (exact) mass is 529 g/mol. The summed E-state index contributed by atoms with van der Waals surface area (Å²) >= 11 is 0. The summed E-state index contributed by atoms with van der Waals surface area (Å²) < 4.78 is 56.6. The van der Waals surface area contributed by atoms with Crippen LogP contribution in [0, 0.1) is 0 Å². The molecule has 0 N–H and O–H groups in total. The number of aromatic nitrogens is 4. The Hall–Kier alpha value is -4.06. The molecule has 0 unspecified atom stereocenters. The van der Waals surface area contributed by atoms with Gasteiger partial charge in [0.1, 0.15) is 23.4 Å². The second-order valence-corrected chi connectivity index (χ2v) is 9.00. The molecule has 1 fully saturated rings. The van der Waals surface area contributed by atoms with Crippen LogP contribution in [0.1, 0.15) is 23.2 Å². The van der Waals surface area contributed by atoms with Gasteiger partial charge in [-0.15, -0.1) is 13.2 Å². The zero-order valence-electron chi connectivity index (χ0n) is 21.0. The second-order valence-electron chi connectivity index (χ2n) is 9.00. The van der Waals surface area contributed by atoms with Crippen LogP contribution in [0.4, 0.5) is 13.2 Å². The van der Waals surface area contributed by atoms with Crippen LogP contribution in [0.2, 0.25) is 0 Å². The lowest BCUT2D eigenvalue weighted by atomic mass is 10.0. The first-order valence-electron chi connectivity index (χ1n) is 11.9. The minimum atomic E-state index is -4.70. The van der Waals surface area contributed by atoms with Crippen LogP contribution in [0.15, 0.2) is 49.1 Å². The number of alkyl halides is 3. The van der Waals surface area contributed by atoms with Gasteiger partial charge in [0.2, 0.25) is 0 Å². The summed E-state index contributed by atoms with van der Waals surface area (Å²) in [4.78, 5) is 19.5. The first-order chi connectivity index (χ1) is 18.2. The highest BCUT2D eigenvalue weighted by molar-refractivity contribution is 6.00. The van der Waals surface area contributed by atoms with E-state index in [-0.39, 0.29) is 48.9 Å². The van der Waals surface area contributed by atoms with Gasteiger partial charge in [-0.05, 0) is 30.5 Å². The lowest BCUT2D eigenvalue weighted by Crippen LogP contribution is -2.42. The Morgan fingerprint density at radius 2 is 1.71 bits per heavy atom. The van der Waals surface area contributed by atoms with Crippen molar-refractivity contribution in [2.45, 2.75) is 25.3 Å². The molecule has 2 aromatic heterocycles. The third kappa shape index (κ3) is 5.03. The predicted octanol–water partition coefficient (Wildman–Crippen LogP) is 4.58. The van der Waals surface area contributed by atoms with Crippen LogP contribution in [0.3, 0.4) is 0 Å². The number of likely N-dealkylation sites (tertiary alicyclic amines) is 1. The Labute approximate surface area is 216 Å². The molecule has 1 aliphatic rings. The van der Waals surface area contributed by atoms with E-state index in [1.165, 1.54) is 19.1 Å². The SMILES string of the molecule is COc1cc(-n2cnc3cc(-c4cnn(C)c4)ccc32)cc(OC)c1C(=O)N1CCC(OC(F)(F)F)CC1. The average molecular weight is 530 g/mol. The van der Waals surface area contributed by atoms with Crippen LogP contribution < -0.4 is 9.47 Å². The van der Waals surface area contributed by atoms with Crippen molar-refractivity contribution in [3.63, 3.8) is 0 Å². The van der Waals surface area contributed by atoms with Gasteiger partial charge in [-0.2, -0.15) is 5.10 Å². The molecule has 12 heteroatoms. The number of imidazole rings is 1. The molecule has 1 saturated heterocycles. The lowest BCUT2D eigenvalue weighted by Gasteiger charge is -2.32. The Bertz CT molecular complexity index is 1450. The van der Waals surface area contributed by atoms with E-state index in [4.69, 9.17) is 9.47 Å². The van der Waals surface area contributed by atoms with Crippen molar-refractivity contribution in [2.75, 3.05) is 27.3 Å². The number of aryl methyl sites for hydroxylation is 1. The molecule has 0 aliphatic carbocycles. The van der Waals surface area contributed by atoms with Crippen molar-refractivity contribution in [1.82, 2.24) is 24.2 Å². The normalized spacial score (nSPS) is 14.7. The van der Waals surface area contributed by atoms with Gasteiger partial charge in [-0.25, -0.2) is 4.98 Å². The van der Waals surface area contributed by atoms with E-state index in [2.05, 4.69) is 14.8 Å². The quantitative estimate of drug-likeness (QED) is 0.364. The topological polar surface area (TPSA) is 83.6 Å². The third-order valence-corrected chi connectivity index (χ3v) is 6.60. The smallest absolute Gasteiger partial charge is 0.496 e. The molecule has 0 spiro atoms. The van der Waals surface area contributed by atoms with Gasteiger partial charge in [0.05, 0.1) is 43.2 Å². The van der Waals surface area contributed by atoms with Crippen molar-refractivity contribution in [3.8, 4) is 28.3 Å². The average Bonchev–Trinajstić information content (AvgIpc) is 3.52. The summed E-state index contributed by atoms with van der Waals surface area (Å²) in [7, 11) is 4.76. The van der Waals surface area contributed by atoms with Gasteiger partial charge in [0.15, 0.2) is 0 Å². The molecule has 1 amide bonds. The minimum absolute atomic E-state index is 0.0794. The van der Waals surface area contributed by atoms with Crippen LogP contribution in [0.5, 0.6) is 11.5 Å². The molecule has 200 valence electrons. The van der Waals surface area contributed by atoms with Gasteiger partial charge in [0.25, 0.3) is 5.91 Å². The largest absolute Gasteiger partial charge is 0.522 e. The van der Waals surface area contributed by atoms with E-state index in [0.717, 1.165) is 22.2 Å². The maximum atomic E-state index is 13.4. The number of ether oxygens (including phenoxy) is 3. The Balaban J connectivity index is 1.43. The molecule has 2 aromatic carbocycles. The molecule has 0 saturated carbocycles. The van der Waals surface area contributed by atoms with Crippen LogP contribution in [-0.2, 0) is 11.8 Å². The third-order valence-electron chi connectivity index (χ3n) is 6.60. The number of hydrogen-bond acceptors (Lipinski definition) is 6. The van der Waals surface area contributed by atoms with Crippen LogP contribution in [-0.4, -0.2) is 69.9 Å². The van der Waals surface area contributed by atoms with Gasteiger partial charge < -0.3 is 14.4 Å². The molecular weight excluding hydrogens is 503 g/mol. The van der Waals surface area contributed by atoms with E-state index in [1.54, 1.807) is 29.3 Å². The number of halogens is 3. The fraction of sp³-hybridized carbons (Fsp3) is 0.346. The second kappa shape index (κ2) is 10.0. The van der Waals surface area contributed by atoms with Crippen molar-refractivity contribution < 1.29 is 32.2 Å². The van der Waals surface area contributed by atoms with Gasteiger partial charge in [0, 0.05) is 44.0 Å². The molecular formula is C26H26F3N5O4. The molecule has 0 radical (unpaired) electrons. The highest BCUT2D eigenvalue weighted by Gasteiger charge is 2.36. The molecule has 38 heavy (non-hydrogen) atoms. The molecule has 4 aromatic rings. The maximum absolute atomic E-state index is 13.4. The van der Waals surface area contributed by atoms with E-state index >= 15 is 0 Å². The maximum Gasteiger partial charge on any atom is 0.522 e. The van der Waals surface area contributed by atoms with Crippen molar-refractivity contribution in [3.05, 3.63) is 54.6 Å². The first-order valence-corrected chi connectivity index (χ1v) is 11.9. The summed E-state index contributed by atoms with van der Waals surface area (Å²) in [5, 5.41) is 4.22. The zero-order valence-corrected chi connectivity index (χ0v) is 21.0. The van der Waals surface area contributed by atoms with Gasteiger partial charge in [-0.1, -0.05) is 6.07 Å². The predicted molar refractivity (Wildman–Crippen MR) is 132 cm³/mol. The van der Waals surface area contributed by atoms with Crippen LogP contribution in [0.25, 0.3) is 27.8 Å². The van der Waals surface area contributed by atoms with Gasteiger partial charge >= 0.3 is 6.36 Å². The Kier molecular flexibility index (Phi) is 6.74. The van der Waals surface area contributed by atoms with E-state index in [0.29, 0.717) is 5.69 Å². The number of fused-ring (bicyclic) bond motifs is 1. The number of carbonyl (C=O) groups excluding carboxylic acids is 1. The van der Waals surface area contributed by atoms with Crippen molar-refractivity contribution in [1.29, 1.82) is 0 Å². The molecule has 0 atom stereocenters. The Morgan fingerprint density at radius 3 is 2.29 bits per heavy atom. The number of carbonyl (C=O) groups is 1. The Morgan fingerprint density at radius 1 is 1.03 bits per heavy atom. The number of amides is 1. The van der Waals surface area contributed by atoms with Gasteiger partial charge in [-0.3, -0.25) is 18.8 Å². The van der Waals surface area contributed by atoms with Crippen molar-refractivity contribution in [2.24, 2.45) is 7.05 Å². The highest BCUT2D eigenvalue weighted by Crippen LogP contribution is 2.36. The fourth-order valence-electron chi connectivity index (χ4n) is 4.74. The van der Waals surface area contributed by atoms with E-state index in [1.807, 2.05) is 36.0 Å². The standard InChI is InChI=1S/C26H26F3N5O4/c1-32-14-17(13-31-32)16-4-5-21-20(10-16)30-15-34(21)18-11-22(36-2)24(23(12-18)37-3)25(35)33-8-6-19(7-9-33)38-26(27,28)29/h4-5,10-15,19H,6-9H2,1-3H3. The molecule has 9 nitrogen and oxygen atoms in total. The molecule has 1 aliphatic heterocycles. The van der Waals surface area contributed by atoms with Crippen molar-refractivity contribution >= 4 is 16.9 Å². The molecule has 3 heterocycles. The molecule has 5 rings (SSSR count). The number of nitrogens with zero attached hydrogens (tertiary/aromatic N) is 5. The number of hydrogen-bond donors (Lipinski definition) is 0. The summed E-state index contributed by atoms with van der Waals surface area (Å²) in [5.74, 6) is 0.186. The molecule has 0 bridgehead atoms. The first kappa shape index (κ1) is 25.6. The number of rotatable bonds is 6. The fourth-order valence-corrected chi connectivity index (χ4v) is 4.74. The minimum Gasteiger partial charge on any atom is -0.496 e.